The summed E-state index contributed by atoms with van der Waals surface area (Å²) in [6.45, 7) is 3.94. The van der Waals surface area contributed by atoms with E-state index in [1.165, 1.54) is 0 Å². The predicted octanol–water partition coefficient (Wildman–Crippen LogP) is 2.50. The smallest absolute Gasteiger partial charge is 0.296 e. The van der Waals surface area contributed by atoms with E-state index in [9.17, 15) is 4.79 Å². The summed E-state index contributed by atoms with van der Waals surface area (Å²) in [5, 5.41) is 14.5. The second kappa shape index (κ2) is 7.32. The van der Waals surface area contributed by atoms with E-state index in [2.05, 4.69) is 25.9 Å². The van der Waals surface area contributed by atoms with Gasteiger partial charge in [0.05, 0.1) is 0 Å². The van der Waals surface area contributed by atoms with Crippen LogP contribution in [0.1, 0.15) is 40.7 Å². The summed E-state index contributed by atoms with van der Waals surface area (Å²) in [5.41, 5.74) is 2.68. The predicted molar refractivity (Wildman–Crippen MR) is 100 cm³/mol. The maximum atomic E-state index is 12.5. The van der Waals surface area contributed by atoms with Crippen LogP contribution < -0.4 is 10.6 Å². The zero-order valence-electron chi connectivity index (χ0n) is 15.4. The molecule has 8 heteroatoms. The van der Waals surface area contributed by atoms with Crippen LogP contribution in [0, 0.1) is 6.92 Å². The normalized spacial score (nSPS) is 15.0. The van der Waals surface area contributed by atoms with Crippen LogP contribution in [0.2, 0.25) is 0 Å². The average Bonchev–Trinajstić information content (AvgIpc) is 3.31. The number of carbonyl (C=O) groups excluding carboxylic acids is 1. The second-order valence-electron chi connectivity index (χ2n) is 6.84. The molecule has 0 radical (unpaired) electrons. The lowest BCUT2D eigenvalue weighted by Gasteiger charge is -2.19. The Labute approximate surface area is 157 Å². The molecule has 2 aromatic heterocycles. The molecular formula is C19H22N6O2. The number of hydrogen-bond donors (Lipinski definition) is 2. The second-order valence-corrected chi connectivity index (χ2v) is 6.84. The minimum Gasteiger partial charge on any atom is -0.350 e. The quantitative estimate of drug-likeness (QED) is 0.736. The van der Waals surface area contributed by atoms with Gasteiger partial charge in [-0.15, -0.1) is 0 Å². The van der Waals surface area contributed by atoms with Crippen LogP contribution in [0.15, 0.2) is 34.9 Å². The van der Waals surface area contributed by atoms with Gasteiger partial charge in [-0.05, 0) is 32.9 Å². The van der Waals surface area contributed by atoms with Crippen molar-refractivity contribution in [3.8, 4) is 11.3 Å². The highest BCUT2D eigenvalue weighted by molar-refractivity contribution is 6.01. The number of amides is 1. The summed E-state index contributed by atoms with van der Waals surface area (Å²) in [5.74, 6) is 1.24. The Morgan fingerprint density at radius 2 is 2.00 bits per heavy atom. The third kappa shape index (κ3) is 3.75. The van der Waals surface area contributed by atoms with Crippen molar-refractivity contribution in [2.45, 2.75) is 25.7 Å². The van der Waals surface area contributed by atoms with Gasteiger partial charge < -0.3 is 9.84 Å². The van der Waals surface area contributed by atoms with Crippen molar-refractivity contribution in [1.29, 1.82) is 0 Å². The first-order chi connectivity index (χ1) is 13.1. The summed E-state index contributed by atoms with van der Waals surface area (Å²) < 4.78 is 6.81. The standard InChI is InChI=1S/C19H22N6O2/c1-12-3-5-13(6-4-12)15-11-16(27-24-15)18(26)22-19-21-17(23-25(19)2)14-7-9-20-10-8-14/h3-6,11,14,20H,7-10H2,1-2H3,(H,21,22,23,26). The fraction of sp³-hybridized carbons (Fsp3) is 0.368. The Balaban J connectivity index is 1.48. The Morgan fingerprint density at radius 1 is 1.26 bits per heavy atom. The molecule has 8 nitrogen and oxygen atoms in total. The summed E-state index contributed by atoms with van der Waals surface area (Å²) in [4.78, 5) is 17.0. The minimum absolute atomic E-state index is 0.136. The maximum Gasteiger partial charge on any atom is 0.296 e. The molecule has 140 valence electrons. The van der Waals surface area contributed by atoms with Crippen molar-refractivity contribution in [1.82, 2.24) is 25.2 Å². The van der Waals surface area contributed by atoms with Gasteiger partial charge in [-0.1, -0.05) is 35.0 Å². The number of nitrogens with zero attached hydrogens (tertiary/aromatic N) is 4. The maximum absolute atomic E-state index is 12.5. The highest BCUT2D eigenvalue weighted by Crippen LogP contribution is 2.24. The van der Waals surface area contributed by atoms with Gasteiger partial charge in [0.2, 0.25) is 11.7 Å². The van der Waals surface area contributed by atoms with E-state index in [0.29, 0.717) is 17.6 Å². The summed E-state index contributed by atoms with van der Waals surface area (Å²) in [6, 6.07) is 9.51. The van der Waals surface area contributed by atoms with Gasteiger partial charge in [-0.25, -0.2) is 4.68 Å². The van der Waals surface area contributed by atoms with Crippen LogP contribution in [0.5, 0.6) is 0 Å². The summed E-state index contributed by atoms with van der Waals surface area (Å²) in [6.07, 6.45) is 2.00. The summed E-state index contributed by atoms with van der Waals surface area (Å²) >= 11 is 0. The molecule has 0 saturated carbocycles. The van der Waals surface area contributed by atoms with Crippen LogP contribution in [-0.2, 0) is 7.05 Å². The number of rotatable bonds is 4. The van der Waals surface area contributed by atoms with Crippen molar-refractivity contribution in [3.05, 3.63) is 47.5 Å². The number of aromatic nitrogens is 4. The van der Waals surface area contributed by atoms with Gasteiger partial charge in [0.25, 0.3) is 5.91 Å². The van der Waals surface area contributed by atoms with Crippen molar-refractivity contribution in [2.24, 2.45) is 7.05 Å². The molecule has 1 aliphatic rings. The first kappa shape index (κ1) is 17.4. The number of nitrogens with one attached hydrogen (secondary N) is 2. The SMILES string of the molecule is Cc1ccc(-c2cc(C(=O)Nc3nc(C4CCNCC4)nn3C)on2)cc1. The lowest BCUT2D eigenvalue weighted by molar-refractivity contribution is 0.0986. The number of carbonyl (C=O) groups is 1. The van der Waals surface area contributed by atoms with E-state index in [1.54, 1.807) is 17.8 Å². The first-order valence-electron chi connectivity index (χ1n) is 9.07. The Kier molecular flexibility index (Phi) is 4.72. The van der Waals surface area contributed by atoms with Gasteiger partial charge >= 0.3 is 0 Å². The molecule has 2 N–H and O–H groups in total. The number of aryl methyl sites for hydroxylation is 2. The zero-order chi connectivity index (χ0) is 18.8. The Hall–Kier alpha value is -3.00. The average molecular weight is 366 g/mol. The molecule has 27 heavy (non-hydrogen) atoms. The Bertz CT molecular complexity index is 938. The number of benzene rings is 1. The molecule has 0 unspecified atom stereocenters. The van der Waals surface area contributed by atoms with Crippen molar-refractivity contribution in [3.63, 3.8) is 0 Å². The summed E-state index contributed by atoms with van der Waals surface area (Å²) in [7, 11) is 1.77. The van der Waals surface area contributed by atoms with E-state index in [-0.39, 0.29) is 5.76 Å². The van der Waals surface area contributed by atoms with Crippen molar-refractivity contribution in [2.75, 3.05) is 18.4 Å². The zero-order valence-corrected chi connectivity index (χ0v) is 15.4. The van der Waals surface area contributed by atoms with Crippen molar-refractivity contribution >= 4 is 11.9 Å². The number of hydrogen-bond acceptors (Lipinski definition) is 6. The molecular weight excluding hydrogens is 344 g/mol. The van der Waals surface area contributed by atoms with E-state index < -0.39 is 5.91 Å². The van der Waals surface area contributed by atoms with Gasteiger partial charge in [0, 0.05) is 24.6 Å². The van der Waals surface area contributed by atoms with Crippen LogP contribution in [0.4, 0.5) is 5.95 Å². The molecule has 3 aromatic rings. The molecule has 1 aromatic carbocycles. The van der Waals surface area contributed by atoms with E-state index in [4.69, 9.17) is 4.52 Å². The Morgan fingerprint density at radius 3 is 2.74 bits per heavy atom. The van der Waals surface area contributed by atoms with Gasteiger partial charge in [0.15, 0.2) is 5.82 Å². The van der Waals surface area contributed by atoms with Crippen LogP contribution in [-0.4, -0.2) is 38.9 Å². The molecule has 4 rings (SSSR count). The fourth-order valence-corrected chi connectivity index (χ4v) is 3.17. The molecule has 0 bridgehead atoms. The van der Waals surface area contributed by atoms with E-state index in [1.807, 2.05) is 31.2 Å². The van der Waals surface area contributed by atoms with E-state index in [0.717, 1.165) is 42.9 Å². The molecule has 1 amide bonds. The number of piperidine rings is 1. The van der Waals surface area contributed by atoms with Gasteiger partial charge in [0.1, 0.15) is 5.69 Å². The molecule has 1 fully saturated rings. The third-order valence-electron chi connectivity index (χ3n) is 4.79. The third-order valence-corrected chi connectivity index (χ3v) is 4.79. The number of anilines is 1. The van der Waals surface area contributed by atoms with Gasteiger partial charge in [-0.3, -0.25) is 10.1 Å². The van der Waals surface area contributed by atoms with Crippen molar-refractivity contribution < 1.29 is 9.32 Å². The molecule has 0 aliphatic carbocycles. The van der Waals surface area contributed by atoms with Crippen LogP contribution in [0.25, 0.3) is 11.3 Å². The monoisotopic (exact) mass is 366 g/mol. The first-order valence-corrected chi connectivity index (χ1v) is 9.07. The lowest BCUT2D eigenvalue weighted by atomic mass is 9.98. The lowest BCUT2D eigenvalue weighted by Crippen LogP contribution is -2.27. The van der Waals surface area contributed by atoms with Crippen LogP contribution in [0.3, 0.4) is 0 Å². The van der Waals surface area contributed by atoms with E-state index >= 15 is 0 Å². The topological polar surface area (TPSA) is 97.9 Å². The molecule has 1 saturated heterocycles. The fourth-order valence-electron chi connectivity index (χ4n) is 3.17. The van der Waals surface area contributed by atoms with Gasteiger partial charge in [-0.2, -0.15) is 10.1 Å². The minimum atomic E-state index is -0.395. The van der Waals surface area contributed by atoms with Crippen LogP contribution >= 0.6 is 0 Å². The highest BCUT2D eigenvalue weighted by atomic mass is 16.5. The highest BCUT2D eigenvalue weighted by Gasteiger charge is 2.22. The molecule has 0 spiro atoms. The molecule has 1 aliphatic heterocycles. The largest absolute Gasteiger partial charge is 0.350 e. The molecule has 3 heterocycles. The molecule has 0 atom stereocenters.